The molecule has 0 radical (unpaired) electrons. The van der Waals surface area contributed by atoms with Gasteiger partial charge in [-0.05, 0) is 6.92 Å². The van der Waals surface area contributed by atoms with Crippen molar-refractivity contribution in [2.24, 2.45) is 5.73 Å². The second kappa shape index (κ2) is 6.39. The zero-order chi connectivity index (χ0) is 11.9. The third-order valence-electron chi connectivity index (χ3n) is 1.14. The Balaban J connectivity index is 3.88. The molecule has 2 amide bonds. The molecule has 0 heterocycles. The van der Waals surface area contributed by atoms with Gasteiger partial charge in [-0.2, -0.15) is 0 Å². The Labute approximate surface area is 86.3 Å². The average Bonchev–Trinajstić information content (AvgIpc) is 2.13. The summed E-state index contributed by atoms with van der Waals surface area (Å²) in [5.41, 5.74) is 4.67. The lowest BCUT2D eigenvalue weighted by atomic mass is 10.7. The minimum atomic E-state index is -4.04. The molecule has 0 aliphatic heterocycles. The summed E-state index contributed by atoms with van der Waals surface area (Å²) >= 11 is 0. The van der Waals surface area contributed by atoms with Crippen LogP contribution in [0.4, 0.5) is 4.79 Å². The Morgan fingerprint density at radius 1 is 1.53 bits per heavy atom. The number of carbonyl (C=O) groups is 2. The molecule has 0 aromatic carbocycles. The van der Waals surface area contributed by atoms with Crippen LogP contribution in [0.15, 0.2) is 0 Å². The lowest BCUT2D eigenvalue weighted by molar-refractivity contribution is -0.145. The van der Waals surface area contributed by atoms with Crippen LogP contribution in [-0.2, 0) is 18.6 Å². The third kappa shape index (κ3) is 7.92. The Hall–Kier alpha value is -1.11. The van der Waals surface area contributed by atoms with E-state index in [4.69, 9.17) is 4.89 Å². The van der Waals surface area contributed by atoms with Crippen LogP contribution < -0.4 is 11.1 Å². The fourth-order valence-corrected chi connectivity index (χ4v) is 1.33. The second-order valence-corrected chi connectivity index (χ2v) is 4.26. The van der Waals surface area contributed by atoms with Crippen molar-refractivity contribution < 1.29 is 28.3 Å². The van der Waals surface area contributed by atoms with Crippen LogP contribution in [0.2, 0.25) is 0 Å². The highest BCUT2D eigenvalue weighted by Crippen LogP contribution is 2.39. The molecule has 0 saturated carbocycles. The van der Waals surface area contributed by atoms with Crippen LogP contribution in [-0.4, -0.2) is 36.4 Å². The lowest BCUT2D eigenvalue weighted by Crippen LogP contribution is -2.30. The van der Waals surface area contributed by atoms with Crippen molar-refractivity contribution in [2.45, 2.75) is 6.92 Å². The molecule has 0 aliphatic carbocycles. The first-order valence-electron chi connectivity index (χ1n) is 4.02. The molecule has 4 N–H and O–H groups in total. The SMILES string of the molecule is CCOC(=O)COP(=O)(O)CNC(N)=O. The smallest absolute Gasteiger partial charge is 0.347 e. The predicted molar refractivity (Wildman–Crippen MR) is 50.0 cm³/mol. The highest BCUT2D eigenvalue weighted by molar-refractivity contribution is 7.52. The largest absolute Gasteiger partial charge is 0.464 e. The van der Waals surface area contributed by atoms with Crippen LogP contribution in [0.3, 0.4) is 0 Å². The van der Waals surface area contributed by atoms with E-state index in [0.717, 1.165) is 0 Å². The first-order valence-corrected chi connectivity index (χ1v) is 5.79. The lowest BCUT2D eigenvalue weighted by Gasteiger charge is -2.11. The van der Waals surface area contributed by atoms with Crippen LogP contribution >= 0.6 is 7.60 Å². The topological polar surface area (TPSA) is 128 Å². The summed E-state index contributed by atoms with van der Waals surface area (Å²) in [6, 6.07) is -0.955. The molecular weight excluding hydrogens is 227 g/mol. The van der Waals surface area contributed by atoms with Gasteiger partial charge in [-0.25, -0.2) is 9.59 Å². The standard InChI is InChI=1S/C6H13N2O6P/c1-2-13-5(9)3-14-15(11,12)4-8-6(7)10/h2-4H2,1H3,(H,11,12)(H3,7,8,10). The Bertz CT molecular complexity index is 281. The molecule has 0 spiro atoms. The first-order chi connectivity index (χ1) is 6.87. The first kappa shape index (κ1) is 13.9. The van der Waals surface area contributed by atoms with Crippen molar-refractivity contribution in [3.8, 4) is 0 Å². The van der Waals surface area contributed by atoms with Gasteiger partial charge in [0.25, 0.3) is 0 Å². The molecule has 8 nitrogen and oxygen atoms in total. The van der Waals surface area contributed by atoms with E-state index < -0.39 is 32.5 Å². The highest BCUT2D eigenvalue weighted by Gasteiger charge is 2.21. The van der Waals surface area contributed by atoms with Crippen molar-refractivity contribution >= 4 is 19.6 Å². The maximum Gasteiger partial charge on any atom is 0.347 e. The number of rotatable bonds is 6. The normalized spacial score (nSPS) is 14.0. The molecule has 15 heavy (non-hydrogen) atoms. The number of amides is 2. The van der Waals surface area contributed by atoms with E-state index in [9.17, 15) is 14.2 Å². The molecule has 0 rings (SSSR count). The maximum absolute atomic E-state index is 11.1. The number of urea groups is 1. The monoisotopic (exact) mass is 240 g/mol. The predicted octanol–water partition coefficient (Wildman–Crippen LogP) is -0.623. The Kier molecular flexibility index (Phi) is 5.92. The molecular formula is C6H13N2O6P. The number of ether oxygens (including phenoxy) is 1. The average molecular weight is 240 g/mol. The van der Waals surface area contributed by atoms with Crippen LogP contribution in [0.1, 0.15) is 6.92 Å². The summed E-state index contributed by atoms with van der Waals surface area (Å²) in [4.78, 5) is 30.0. The molecule has 0 aromatic rings. The van der Waals surface area contributed by atoms with E-state index in [1.165, 1.54) is 0 Å². The number of carbonyl (C=O) groups excluding carboxylic acids is 2. The minimum Gasteiger partial charge on any atom is -0.464 e. The van der Waals surface area contributed by atoms with Crippen molar-refractivity contribution in [3.05, 3.63) is 0 Å². The Morgan fingerprint density at radius 3 is 2.60 bits per heavy atom. The van der Waals surface area contributed by atoms with Gasteiger partial charge in [0.05, 0.1) is 6.61 Å². The number of hydrogen-bond donors (Lipinski definition) is 3. The summed E-state index contributed by atoms with van der Waals surface area (Å²) in [5, 5.41) is 1.89. The number of nitrogens with one attached hydrogen (secondary N) is 1. The van der Waals surface area contributed by atoms with Gasteiger partial charge < -0.3 is 20.7 Å². The second-order valence-electron chi connectivity index (χ2n) is 2.42. The molecule has 0 saturated heterocycles. The van der Waals surface area contributed by atoms with Crippen molar-refractivity contribution in [1.29, 1.82) is 0 Å². The van der Waals surface area contributed by atoms with Crippen molar-refractivity contribution in [1.82, 2.24) is 5.32 Å². The molecule has 0 fully saturated rings. The summed E-state index contributed by atoms with van der Waals surface area (Å²) in [7, 11) is -4.04. The van der Waals surface area contributed by atoms with Crippen LogP contribution in [0.5, 0.6) is 0 Å². The number of hydrogen-bond acceptors (Lipinski definition) is 5. The number of nitrogens with two attached hydrogens (primary N) is 1. The molecule has 0 bridgehead atoms. The minimum absolute atomic E-state index is 0.150. The van der Waals surface area contributed by atoms with Gasteiger partial charge in [-0.3, -0.25) is 9.09 Å². The van der Waals surface area contributed by atoms with Crippen LogP contribution in [0, 0.1) is 0 Å². The quantitative estimate of drug-likeness (QED) is 0.419. The van der Waals surface area contributed by atoms with E-state index >= 15 is 0 Å². The van der Waals surface area contributed by atoms with Crippen molar-refractivity contribution in [2.75, 3.05) is 19.5 Å². The van der Waals surface area contributed by atoms with Gasteiger partial charge in [0.1, 0.15) is 6.29 Å². The number of esters is 1. The molecule has 9 heteroatoms. The van der Waals surface area contributed by atoms with E-state index in [1.807, 2.05) is 5.32 Å². The van der Waals surface area contributed by atoms with E-state index in [1.54, 1.807) is 6.92 Å². The maximum atomic E-state index is 11.1. The van der Waals surface area contributed by atoms with Gasteiger partial charge in [-0.15, -0.1) is 0 Å². The van der Waals surface area contributed by atoms with E-state index in [-0.39, 0.29) is 6.61 Å². The molecule has 0 aromatic heterocycles. The summed E-state index contributed by atoms with van der Waals surface area (Å²) in [5.74, 6) is -0.758. The molecule has 0 aliphatic rings. The molecule has 88 valence electrons. The molecule has 1 unspecified atom stereocenters. The fraction of sp³-hybridized carbons (Fsp3) is 0.667. The van der Waals surface area contributed by atoms with Gasteiger partial charge >= 0.3 is 19.6 Å². The van der Waals surface area contributed by atoms with Gasteiger partial charge in [0.15, 0.2) is 6.61 Å². The fourth-order valence-electron chi connectivity index (χ4n) is 0.580. The molecule has 1 atom stereocenters. The summed E-state index contributed by atoms with van der Waals surface area (Å²) in [6.07, 6.45) is -0.651. The van der Waals surface area contributed by atoms with Crippen molar-refractivity contribution in [3.63, 3.8) is 0 Å². The van der Waals surface area contributed by atoms with E-state index in [2.05, 4.69) is 15.0 Å². The zero-order valence-corrected chi connectivity index (χ0v) is 9.03. The summed E-state index contributed by atoms with van der Waals surface area (Å²) in [6.45, 7) is 1.09. The van der Waals surface area contributed by atoms with Crippen LogP contribution in [0.25, 0.3) is 0 Å². The zero-order valence-electron chi connectivity index (χ0n) is 8.13. The van der Waals surface area contributed by atoms with Gasteiger partial charge in [0, 0.05) is 0 Å². The third-order valence-corrected chi connectivity index (χ3v) is 2.23. The summed E-state index contributed by atoms with van der Waals surface area (Å²) < 4.78 is 19.9. The number of primary amides is 1. The van der Waals surface area contributed by atoms with Gasteiger partial charge in [-0.1, -0.05) is 0 Å². The van der Waals surface area contributed by atoms with Gasteiger partial charge in [0.2, 0.25) is 0 Å². The van der Waals surface area contributed by atoms with E-state index in [0.29, 0.717) is 0 Å². The Morgan fingerprint density at radius 2 is 2.13 bits per heavy atom. The highest BCUT2D eigenvalue weighted by atomic mass is 31.2.